The average Bonchev–Trinajstić information content (AvgIpc) is 2.78. The Morgan fingerprint density at radius 2 is 2.06 bits per heavy atom. The predicted molar refractivity (Wildman–Crippen MR) is 64.7 cm³/mol. The van der Waals surface area contributed by atoms with Gasteiger partial charge in [-0.25, -0.2) is 4.79 Å². The third kappa shape index (κ3) is 1.97. The molecule has 1 saturated heterocycles. The van der Waals surface area contributed by atoms with E-state index in [1.807, 2.05) is 0 Å². The average molecular weight is 247 g/mol. The third-order valence-corrected chi connectivity index (χ3v) is 3.30. The molecule has 94 valence electrons. The van der Waals surface area contributed by atoms with Gasteiger partial charge in [0.1, 0.15) is 0 Å². The lowest BCUT2D eigenvalue weighted by Gasteiger charge is -2.20. The number of Topliss-reactive ketones (excluding diaryl/α,β-unsaturated/α-hetero) is 1. The first-order valence-electron chi connectivity index (χ1n) is 5.99. The quantitative estimate of drug-likeness (QED) is 0.820. The van der Waals surface area contributed by atoms with Crippen molar-refractivity contribution in [1.29, 1.82) is 0 Å². The lowest BCUT2D eigenvalue weighted by molar-refractivity contribution is 0.0545. The molecule has 0 spiro atoms. The van der Waals surface area contributed by atoms with E-state index in [2.05, 4.69) is 4.98 Å². The van der Waals surface area contributed by atoms with Crippen LogP contribution in [-0.4, -0.2) is 24.0 Å². The first-order valence-corrected chi connectivity index (χ1v) is 5.99. The van der Waals surface area contributed by atoms with E-state index in [4.69, 9.17) is 9.15 Å². The number of carbonyl (C=O) groups is 1. The molecule has 0 aliphatic carbocycles. The van der Waals surface area contributed by atoms with Gasteiger partial charge >= 0.3 is 5.76 Å². The number of oxazole rings is 1. The minimum Gasteiger partial charge on any atom is -0.408 e. The Hall–Kier alpha value is -1.88. The van der Waals surface area contributed by atoms with E-state index >= 15 is 0 Å². The maximum absolute atomic E-state index is 12.3. The van der Waals surface area contributed by atoms with Crippen molar-refractivity contribution in [3.8, 4) is 0 Å². The van der Waals surface area contributed by atoms with Gasteiger partial charge in [0.2, 0.25) is 0 Å². The standard InChI is InChI=1S/C13H13NO4/c15-12(8-3-5-17-6-4-8)9-1-2-10-11(7-9)18-13(16)14-10/h1-2,7-8H,3-6H2,(H,14,16). The van der Waals surface area contributed by atoms with Gasteiger partial charge in [0.25, 0.3) is 0 Å². The van der Waals surface area contributed by atoms with Gasteiger partial charge in [-0.15, -0.1) is 0 Å². The highest BCUT2D eigenvalue weighted by Gasteiger charge is 2.23. The molecular weight excluding hydrogens is 234 g/mol. The Morgan fingerprint density at radius 1 is 1.28 bits per heavy atom. The summed E-state index contributed by atoms with van der Waals surface area (Å²) >= 11 is 0. The third-order valence-electron chi connectivity index (χ3n) is 3.30. The summed E-state index contributed by atoms with van der Waals surface area (Å²) in [6, 6.07) is 5.06. The van der Waals surface area contributed by atoms with Crippen LogP contribution in [0.2, 0.25) is 0 Å². The Bertz CT molecular complexity index is 634. The smallest absolute Gasteiger partial charge is 0.408 e. The van der Waals surface area contributed by atoms with Gasteiger partial charge in [-0.1, -0.05) is 0 Å². The number of rotatable bonds is 2. The Morgan fingerprint density at radius 3 is 2.83 bits per heavy atom. The Kier molecular flexibility index (Phi) is 2.76. The molecule has 0 radical (unpaired) electrons. The van der Waals surface area contributed by atoms with E-state index in [9.17, 15) is 9.59 Å². The summed E-state index contributed by atoms with van der Waals surface area (Å²) in [7, 11) is 0. The van der Waals surface area contributed by atoms with Crippen molar-refractivity contribution in [2.24, 2.45) is 5.92 Å². The van der Waals surface area contributed by atoms with Crippen LogP contribution in [0.15, 0.2) is 27.4 Å². The SMILES string of the molecule is O=C(c1ccc2[nH]c(=O)oc2c1)C1CCOCC1. The normalized spacial score (nSPS) is 17.1. The highest BCUT2D eigenvalue weighted by Crippen LogP contribution is 2.22. The number of aromatic nitrogens is 1. The summed E-state index contributed by atoms with van der Waals surface area (Å²) < 4.78 is 10.2. The van der Waals surface area contributed by atoms with Crippen LogP contribution in [0.5, 0.6) is 0 Å². The number of fused-ring (bicyclic) bond motifs is 1. The molecule has 0 bridgehead atoms. The highest BCUT2D eigenvalue weighted by molar-refractivity contribution is 6.00. The molecule has 0 unspecified atom stereocenters. The molecule has 0 saturated carbocycles. The topological polar surface area (TPSA) is 72.3 Å². The van der Waals surface area contributed by atoms with Crippen LogP contribution in [0.25, 0.3) is 11.1 Å². The van der Waals surface area contributed by atoms with E-state index < -0.39 is 5.76 Å². The molecule has 1 aromatic heterocycles. The van der Waals surface area contributed by atoms with E-state index in [1.165, 1.54) is 0 Å². The zero-order valence-electron chi connectivity index (χ0n) is 9.77. The predicted octanol–water partition coefficient (Wildman–Crippen LogP) is 1.73. The molecule has 5 heteroatoms. The minimum absolute atomic E-state index is 0.0156. The Balaban J connectivity index is 1.92. The van der Waals surface area contributed by atoms with E-state index in [-0.39, 0.29) is 11.7 Å². The molecule has 1 aromatic carbocycles. The van der Waals surface area contributed by atoms with Gasteiger partial charge in [0, 0.05) is 24.7 Å². The fourth-order valence-corrected chi connectivity index (χ4v) is 2.29. The van der Waals surface area contributed by atoms with Gasteiger partial charge in [-0.05, 0) is 31.0 Å². The number of hydrogen-bond donors (Lipinski definition) is 1. The lowest BCUT2D eigenvalue weighted by Crippen LogP contribution is -2.23. The van der Waals surface area contributed by atoms with Crippen LogP contribution in [0.4, 0.5) is 0 Å². The number of aromatic amines is 1. The van der Waals surface area contributed by atoms with Crippen molar-refractivity contribution in [3.63, 3.8) is 0 Å². The number of H-pyrrole nitrogens is 1. The lowest BCUT2D eigenvalue weighted by atomic mass is 9.91. The second-order valence-corrected chi connectivity index (χ2v) is 4.48. The van der Waals surface area contributed by atoms with E-state index in [0.717, 1.165) is 12.8 Å². The fourth-order valence-electron chi connectivity index (χ4n) is 2.29. The van der Waals surface area contributed by atoms with Crippen molar-refractivity contribution >= 4 is 16.9 Å². The maximum Gasteiger partial charge on any atom is 0.417 e. The molecule has 0 amide bonds. The molecule has 1 aliphatic rings. The monoisotopic (exact) mass is 247 g/mol. The van der Waals surface area contributed by atoms with Crippen molar-refractivity contribution < 1.29 is 13.9 Å². The van der Waals surface area contributed by atoms with Crippen LogP contribution < -0.4 is 5.76 Å². The first-order chi connectivity index (χ1) is 8.74. The highest BCUT2D eigenvalue weighted by atomic mass is 16.5. The summed E-state index contributed by atoms with van der Waals surface area (Å²) in [5.74, 6) is -0.383. The number of carbonyl (C=O) groups excluding carboxylic acids is 1. The maximum atomic E-state index is 12.3. The summed E-state index contributed by atoms with van der Waals surface area (Å²) in [4.78, 5) is 25.9. The largest absolute Gasteiger partial charge is 0.417 e. The van der Waals surface area contributed by atoms with Crippen LogP contribution in [-0.2, 0) is 4.74 Å². The molecule has 1 fully saturated rings. The van der Waals surface area contributed by atoms with Gasteiger partial charge in [-0.2, -0.15) is 0 Å². The molecule has 5 nitrogen and oxygen atoms in total. The molecule has 3 rings (SSSR count). The van der Waals surface area contributed by atoms with Crippen LogP contribution in [0.3, 0.4) is 0 Å². The van der Waals surface area contributed by atoms with Crippen molar-refractivity contribution in [2.45, 2.75) is 12.8 Å². The number of hydrogen-bond acceptors (Lipinski definition) is 4. The Labute approximate surface area is 103 Å². The molecule has 0 atom stereocenters. The molecular formula is C13H13NO4. The molecule has 2 heterocycles. The van der Waals surface area contributed by atoms with Crippen molar-refractivity contribution in [3.05, 3.63) is 34.3 Å². The van der Waals surface area contributed by atoms with Crippen molar-refractivity contribution in [1.82, 2.24) is 4.98 Å². The second-order valence-electron chi connectivity index (χ2n) is 4.48. The second kappa shape index (κ2) is 4.42. The summed E-state index contributed by atoms with van der Waals surface area (Å²) in [6.45, 7) is 1.27. The molecule has 18 heavy (non-hydrogen) atoms. The van der Waals surface area contributed by atoms with Crippen LogP contribution in [0, 0.1) is 5.92 Å². The van der Waals surface area contributed by atoms with Crippen LogP contribution >= 0.6 is 0 Å². The number of ether oxygens (including phenoxy) is 1. The summed E-state index contributed by atoms with van der Waals surface area (Å²) in [5.41, 5.74) is 1.64. The van der Waals surface area contributed by atoms with Crippen LogP contribution in [0.1, 0.15) is 23.2 Å². The van der Waals surface area contributed by atoms with Gasteiger partial charge in [-0.3, -0.25) is 9.78 Å². The molecule has 1 N–H and O–H groups in total. The number of ketones is 1. The number of benzene rings is 1. The molecule has 2 aromatic rings. The zero-order chi connectivity index (χ0) is 12.5. The first kappa shape index (κ1) is 11.2. The van der Waals surface area contributed by atoms with E-state index in [1.54, 1.807) is 18.2 Å². The van der Waals surface area contributed by atoms with Gasteiger partial charge < -0.3 is 9.15 Å². The zero-order valence-corrected chi connectivity index (χ0v) is 9.77. The van der Waals surface area contributed by atoms with Gasteiger partial charge in [0.05, 0.1) is 5.52 Å². The minimum atomic E-state index is -0.499. The van der Waals surface area contributed by atoms with E-state index in [0.29, 0.717) is 29.9 Å². The van der Waals surface area contributed by atoms with Gasteiger partial charge in [0.15, 0.2) is 11.4 Å². The number of nitrogens with one attached hydrogen (secondary N) is 1. The summed E-state index contributed by atoms with van der Waals surface area (Å²) in [6.07, 6.45) is 1.52. The van der Waals surface area contributed by atoms with Crippen molar-refractivity contribution in [2.75, 3.05) is 13.2 Å². The fraction of sp³-hybridized carbons (Fsp3) is 0.385. The summed E-state index contributed by atoms with van der Waals surface area (Å²) in [5, 5.41) is 0. The molecule has 1 aliphatic heterocycles.